The van der Waals surface area contributed by atoms with Crippen molar-refractivity contribution in [2.24, 2.45) is 0 Å². The van der Waals surface area contributed by atoms with Gasteiger partial charge in [0.05, 0.1) is 7.11 Å². The Labute approximate surface area is 154 Å². The number of benzene rings is 2. The lowest BCUT2D eigenvalue weighted by Gasteiger charge is -2.09. The maximum atomic E-state index is 13.7. The van der Waals surface area contributed by atoms with E-state index in [4.69, 9.17) is 4.74 Å². The molecule has 0 atom stereocenters. The van der Waals surface area contributed by atoms with Gasteiger partial charge in [-0.2, -0.15) is 0 Å². The number of amides is 1. The SMILES string of the molecule is COc1ccc(CNC(=O)c2cc(Nc3c(F)cccc3F)ncn2)cc1. The highest BCUT2D eigenvalue weighted by molar-refractivity contribution is 5.92. The fourth-order valence-corrected chi connectivity index (χ4v) is 2.31. The van der Waals surface area contributed by atoms with Crippen LogP contribution in [-0.2, 0) is 6.54 Å². The topological polar surface area (TPSA) is 76.1 Å². The van der Waals surface area contributed by atoms with Crippen LogP contribution in [0.5, 0.6) is 5.75 Å². The molecule has 2 aromatic carbocycles. The van der Waals surface area contributed by atoms with E-state index < -0.39 is 17.5 Å². The highest BCUT2D eigenvalue weighted by atomic mass is 19.1. The molecule has 1 amide bonds. The Hall–Kier alpha value is -3.55. The molecule has 8 heteroatoms. The lowest BCUT2D eigenvalue weighted by molar-refractivity contribution is 0.0946. The summed E-state index contributed by atoms with van der Waals surface area (Å²) in [4.78, 5) is 20.1. The van der Waals surface area contributed by atoms with Crippen LogP contribution in [0.2, 0.25) is 0 Å². The first-order chi connectivity index (χ1) is 13.1. The predicted octanol–water partition coefficient (Wildman–Crippen LogP) is 3.44. The number of carbonyl (C=O) groups excluding carboxylic acids is 1. The highest BCUT2D eigenvalue weighted by Crippen LogP contribution is 2.22. The van der Waals surface area contributed by atoms with Crippen LogP contribution < -0.4 is 15.4 Å². The van der Waals surface area contributed by atoms with Gasteiger partial charge in [0.2, 0.25) is 0 Å². The summed E-state index contributed by atoms with van der Waals surface area (Å²) >= 11 is 0. The molecule has 0 aliphatic heterocycles. The summed E-state index contributed by atoms with van der Waals surface area (Å²) in [7, 11) is 1.57. The van der Waals surface area contributed by atoms with Gasteiger partial charge < -0.3 is 15.4 Å². The Kier molecular flexibility index (Phi) is 5.55. The summed E-state index contributed by atoms with van der Waals surface area (Å²) in [5.74, 6) is -1.15. The largest absolute Gasteiger partial charge is 0.497 e. The molecule has 3 aromatic rings. The van der Waals surface area contributed by atoms with Crippen LogP contribution in [0.4, 0.5) is 20.3 Å². The molecule has 2 N–H and O–H groups in total. The molecule has 6 nitrogen and oxygen atoms in total. The summed E-state index contributed by atoms with van der Waals surface area (Å²) in [5.41, 5.74) is 0.600. The second kappa shape index (κ2) is 8.22. The average Bonchev–Trinajstić information content (AvgIpc) is 2.69. The minimum Gasteiger partial charge on any atom is -0.497 e. The van der Waals surface area contributed by atoms with E-state index in [1.54, 1.807) is 19.2 Å². The zero-order chi connectivity index (χ0) is 19.2. The Morgan fingerprint density at radius 1 is 1.07 bits per heavy atom. The van der Waals surface area contributed by atoms with Gasteiger partial charge in [0, 0.05) is 12.6 Å². The van der Waals surface area contributed by atoms with E-state index in [0.29, 0.717) is 0 Å². The van der Waals surface area contributed by atoms with Crippen LogP contribution in [0, 0.1) is 11.6 Å². The molecule has 0 unspecified atom stereocenters. The van der Waals surface area contributed by atoms with Gasteiger partial charge in [-0.25, -0.2) is 18.7 Å². The maximum absolute atomic E-state index is 13.7. The molecule has 138 valence electrons. The number of hydrogen-bond acceptors (Lipinski definition) is 5. The summed E-state index contributed by atoms with van der Waals surface area (Å²) in [6.07, 6.45) is 1.14. The van der Waals surface area contributed by atoms with E-state index in [9.17, 15) is 13.6 Å². The number of methoxy groups -OCH3 is 1. The normalized spacial score (nSPS) is 10.3. The molecular formula is C19H16F2N4O2. The van der Waals surface area contributed by atoms with Gasteiger partial charge >= 0.3 is 0 Å². The third-order valence-corrected chi connectivity index (χ3v) is 3.73. The average molecular weight is 370 g/mol. The van der Waals surface area contributed by atoms with Gasteiger partial charge in [-0.1, -0.05) is 18.2 Å². The Balaban J connectivity index is 1.68. The fourth-order valence-electron chi connectivity index (χ4n) is 2.31. The molecule has 0 bridgehead atoms. The smallest absolute Gasteiger partial charge is 0.270 e. The number of rotatable bonds is 6. The van der Waals surface area contributed by atoms with E-state index in [1.807, 2.05) is 12.1 Å². The van der Waals surface area contributed by atoms with E-state index in [2.05, 4.69) is 20.6 Å². The lowest BCUT2D eigenvalue weighted by Crippen LogP contribution is -2.24. The van der Waals surface area contributed by atoms with Gasteiger partial charge in [0.1, 0.15) is 40.9 Å². The Morgan fingerprint density at radius 3 is 2.44 bits per heavy atom. The van der Waals surface area contributed by atoms with Crippen LogP contribution >= 0.6 is 0 Å². The first-order valence-electron chi connectivity index (χ1n) is 8.01. The van der Waals surface area contributed by atoms with E-state index in [0.717, 1.165) is 29.8 Å². The van der Waals surface area contributed by atoms with Crippen LogP contribution in [0.15, 0.2) is 54.9 Å². The van der Waals surface area contributed by atoms with Crippen molar-refractivity contribution < 1.29 is 18.3 Å². The number of nitrogens with one attached hydrogen (secondary N) is 2. The second-order valence-corrected chi connectivity index (χ2v) is 5.54. The van der Waals surface area contributed by atoms with Gasteiger partial charge in [0.15, 0.2) is 0 Å². The molecule has 1 heterocycles. The van der Waals surface area contributed by atoms with Crippen LogP contribution in [0.3, 0.4) is 0 Å². The summed E-state index contributed by atoms with van der Waals surface area (Å²) < 4.78 is 32.5. The molecule has 0 fully saturated rings. The number of nitrogens with zero attached hydrogens (tertiary/aromatic N) is 2. The minimum atomic E-state index is -0.765. The van der Waals surface area contributed by atoms with Gasteiger partial charge in [-0.05, 0) is 29.8 Å². The molecule has 0 spiro atoms. The van der Waals surface area contributed by atoms with Crippen molar-refractivity contribution in [1.82, 2.24) is 15.3 Å². The molecule has 0 aliphatic carbocycles. The van der Waals surface area contributed by atoms with Gasteiger partial charge in [0.25, 0.3) is 5.91 Å². The predicted molar refractivity (Wildman–Crippen MR) is 95.8 cm³/mol. The molecule has 0 radical (unpaired) electrons. The van der Waals surface area contributed by atoms with Crippen LogP contribution in [0.1, 0.15) is 16.1 Å². The quantitative estimate of drug-likeness (QED) is 0.695. The second-order valence-electron chi connectivity index (χ2n) is 5.54. The molecule has 27 heavy (non-hydrogen) atoms. The van der Waals surface area contributed by atoms with Crippen molar-refractivity contribution in [3.05, 3.63) is 77.8 Å². The molecular weight excluding hydrogens is 354 g/mol. The molecule has 0 saturated heterocycles. The first kappa shape index (κ1) is 18.2. The minimum absolute atomic E-state index is 0.0674. The molecule has 3 rings (SSSR count). The Morgan fingerprint density at radius 2 is 1.78 bits per heavy atom. The third-order valence-electron chi connectivity index (χ3n) is 3.73. The number of hydrogen-bond donors (Lipinski definition) is 2. The molecule has 1 aromatic heterocycles. The van der Waals surface area contributed by atoms with Crippen LogP contribution in [-0.4, -0.2) is 23.0 Å². The van der Waals surface area contributed by atoms with E-state index >= 15 is 0 Å². The Bertz CT molecular complexity index is 928. The van der Waals surface area contributed by atoms with Crippen LogP contribution in [0.25, 0.3) is 0 Å². The van der Waals surface area contributed by atoms with Crippen molar-refractivity contribution in [2.75, 3.05) is 12.4 Å². The number of para-hydroxylation sites is 1. The lowest BCUT2D eigenvalue weighted by atomic mass is 10.2. The number of ether oxygens (including phenoxy) is 1. The number of halogens is 2. The van der Waals surface area contributed by atoms with Crippen molar-refractivity contribution >= 4 is 17.4 Å². The number of carbonyl (C=O) groups is 1. The summed E-state index contributed by atoms with van der Waals surface area (Å²) in [6, 6.07) is 12.0. The van der Waals surface area contributed by atoms with Crippen molar-refractivity contribution in [3.8, 4) is 5.75 Å². The van der Waals surface area contributed by atoms with E-state index in [1.165, 1.54) is 12.1 Å². The fraction of sp³-hybridized carbons (Fsp3) is 0.105. The van der Waals surface area contributed by atoms with Crippen molar-refractivity contribution in [3.63, 3.8) is 0 Å². The summed E-state index contributed by atoms with van der Waals surface area (Å²) in [5, 5.41) is 5.25. The third kappa shape index (κ3) is 4.55. The van der Waals surface area contributed by atoms with E-state index in [-0.39, 0.29) is 23.7 Å². The standard InChI is InChI=1S/C19H16F2N4O2/c1-27-13-7-5-12(6-8-13)10-22-19(26)16-9-17(24-11-23-16)25-18-14(20)3-2-4-15(18)21/h2-9,11H,10H2,1H3,(H,22,26)(H,23,24,25). The maximum Gasteiger partial charge on any atom is 0.270 e. The molecule has 0 saturated carbocycles. The van der Waals surface area contributed by atoms with Crippen molar-refractivity contribution in [2.45, 2.75) is 6.54 Å². The molecule has 0 aliphatic rings. The monoisotopic (exact) mass is 370 g/mol. The number of anilines is 2. The highest BCUT2D eigenvalue weighted by Gasteiger charge is 2.12. The first-order valence-corrected chi connectivity index (χ1v) is 8.01. The van der Waals surface area contributed by atoms with Gasteiger partial charge in [-0.3, -0.25) is 4.79 Å². The van der Waals surface area contributed by atoms with Crippen molar-refractivity contribution in [1.29, 1.82) is 0 Å². The number of aromatic nitrogens is 2. The summed E-state index contributed by atoms with van der Waals surface area (Å²) in [6.45, 7) is 0.289. The zero-order valence-electron chi connectivity index (χ0n) is 14.4. The zero-order valence-corrected chi connectivity index (χ0v) is 14.4. The van der Waals surface area contributed by atoms with Gasteiger partial charge in [-0.15, -0.1) is 0 Å².